The van der Waals surface area contributed by atoms with E-state index < -0.39 is 5.25 Å². The van der Waals surface area contributed by atoms with Crippen LogP contribution in [0.15, 0.2) is 59.8 Å². The second-order valence-electron chi connectivity index (χ2n) is 5.46. The van der Waals surface area contributed by atoms with Crippen LogP contribution in [-0.4, -0.2) is 28.0 Å². The Labute approximate surface area is 160 Å². The van der Waals surface area contributed by atoms with Gasteiger partial charge in [0.25, 0.3) is 0 Å². The molecule has 0 fully saturated rings. The number of thioether (sulfide) groups is 1. The number of nitrogens with two attached hydrogens (primary N) is 2. The minimum Gasteiger partial charge on any atom is -0.497 e. The first-order valence-electron chi connectivity index (χ1n) is 7.98. The largest absolute Gasteiger partial charge is 0.497 e. The lowest BCUT2D eigenvalue weighted by atomic mass is 10.1. The lowest BCUT2D eigenvalue weighted by Gasteiger charge is -2.16. The number of anilines is 3. The molecule has 2 aromatic carbocycles. The quantitative estimate of drug-likeness (QED) is 0.555. The summed E-state index contributed by atoms with van der Waals surface area (Å²) in [5.41, 5.74) is 12.7. The second kappa shape index (κ2) is 8.37. The molecule has 5 N–H and O–H groups in total. The van der Waals surface area contributed by atoms with Crippen LogP contribution in [-0.2, 0) is 4.79 Å². The summed E-state index contributed by atoms with van der Waals surface area (Å²) in [5, 5.41) is 2.55. The number of nitrogens with zero attached hydrogens (tertiary/aromatic N) is 3. The van der Waals surface area contributed by atoms with E-state index in [1.165, 1.54) is 0 Å². The molecule has 1 amide bonds. The van der Waals surface area contributed by atoms with Crippen molar-refractivity contribution in [3.8, 4) is 5.75 Å². The van der Waals surface area contributed by atoms with Gasteiger partial charge >= 0.3 is 0 Å². The van der Waals surface area contributed by atoms with Crippen LogP contribution >= 0.6 is 11.8 Å². The number of nitrogen functional groups attached to an aromatic ring is 2. The molecule has 3 rings (SSSR count). The van der Waals surface area contributed by atoms with E-state index in [9.17, 15) is 4.79 Å². The van der Waals surface area contributed by atoms with Gasteiger partial charge in [-0.3, -0.25) is 4.79 Å². The normalized spacial score (nSPS) is 11.6. The van der Waals surface area contributed by atoms with Crippen LogP contribution in [0.3, 0.4) is 0 Å². The maximum Gasteiger partial charge on any atom is 0.242 e. The molecule has 3 aromatic rings. The number of hydrogen-bond acceptors (Lipinski definition) is 8. The highest BCUT2D eigenvalue weighted by Gasteiger charge is 2.24. The van der Waals surface area contributed by atoms with Gasteiger partial charge in [-0.2, -0.15) is 15.0 Å². The van der Waals surface area contributed by atoms with Crippen LogP contribution in [0.4, 0.5) is 17.6 Å². The number of carbonyl (C=O) groups is 1. The summed E-state index contributed by atoms with van der Waals surface area (Å²) in [6.07, 6.45) is 0. The summed E-state index contributed by atoms with van der Waals surface area (Å²) in [5.74, 6) is 0.418. The third-order valence-corrected chi connectivity index (χ3v) is 4.67. The predicted octanol–water partition coefficient (Wildman–Crippen LogP) is 2.52. The van der Waals surface area contributed by atoms with Gasteiger partial charge < -0.3 is 21.5 Å². The monoisotopic (exact) mass is 382 g/mol. The van der Waals surface area contributed by atoms with Crippen molar-refractivity contribution in [2.45, 2.75) is 10.4 Å². The van der Waals surface area contributed by atoms with Gasteiger partial charge in [0, 0.05) is 11.8 Å². The highest BCUT2D eigenvalue weighted by atomic mass is 32.2. The number of nitrogens with one attached hydrogen (secondary N) is 1. The number of ether oxygens (including phenoxy) is 1. The molecular formula is C18H18N6O2S. The summed E-state index contributed by atoms with van der Waals surface area (Å²) in [4.78, 5) is 24.8. The van der Waals surface area contributed by atoms with Crippen LogP contribution in [0.5, 0.6) is 5.75 Å². The number of rotatable bonds is 6. The first kappa shape index (κ1) is 18.5. The minimum atomic E-state index is -0.612. The van der Waals surface area contributed by atoms with E-state index in [4.69, 9.17) is 16.2 Å². The Morgan fingerprint density at radius 2 is 1.74 bits per heavy atom. The number of aromatic nitrogens is 3. The van der Waals surface area contributed by atoms with Crippen LogP contribution in [0.1, 0.15) is 10.8 Å². The molecular weight excluding hydrogens is 364 g/mol. The van der Waals surface area contributed by atoms with Gasteiger partial charge in [-0.25, -0.2) is 0 Å². The lowest BCUT2D eigenvalue weighted by Crippen LogP contribution is -2.19. The number of amides is 1. The molecule has 0 spiro atoms. The third-order valence-electron chi connectivity index (χ3n) is 3.55. The summed E-state index contributed by atoms with van der Waals surface area (Å²) in [6, 6.07) is 16.4. The van der Waals surface area contributed by atoms with E-state index in [1.807, 2.05) is 30.3 Å². The van der Waals surface area contributed by atoms with E-state index in [0.29, 0.717) is 11.4 Å². The zero-order valence-corrected chi connectivity index (χ0v) is 15.3. The Bertz CT molecular complexity index is 918. The van der Waals surface area contributed by atoms with E-state index in [-0.39, 0.29) is 23.0 Å². The first-order chi connectivity index (χ1) is 13.0. The van der Waals surface area contributed by atoms with Crippen molar-refractivity contribution in [2.24, 2.45) is 0 Å². The summed E-state index contributed by atoms with van der Waals surface area (Å²) in [6.45, 7) is 0. The topological polar surface area (TPSA) is 129 Å². The summed E-state index contributed by atoms with van der Waals surface area (Å²) < 4.78 is 5.19. The fourth-order valence-electron chi connectivity index (χ4n) is 2.36. The molecule has 0 radical (unpaired) electrons. The molecule has 8 nitrogen and oxygen atoms in total. The van der Waals surface area contributed by atoms with Crippen molar-refractivity contribution in [3.63, 3.8) is 0 Å². The van der Waals surface area contributed by atoms with Crippen molar-refractivity contribution in [1.82, 2.24) is 15.0 Å². The van der Waals surface area contributed by atoms with Crippen LogP contribution in [0.25, 0.3) is 0 Å². The summed E-state index contributed by atoms with van der Waals surface area (Å²) in [7, 11) is 1.57. The summed E-state index contributed by atoms with van der Waals surface area (Å²) >= 11 is 1.14. The molecule has 9 heteroatoms. The van der Waals surface area contributed by atoms with E-state index in [2.05, 4.69) is 20.3 Å². The highest BCUT2D eigenvalue weighted by molar-refractivity contribution is 8.00. The zero-order chi connectivity index (χ0) is 19.2. The molecule has 0 bridgehead atoms. The van der Waals surface area contributed by atoms with Crippen LogP contribution in [0.2, 0.25) is 0 Å². The lowest BCUT2D eigenvalue weighted by molar-refractivity contribution is -0.115. The van der Waals surface area contributed by atoms with Crippen LogP contribution < -0.4 is 21.5 Å². The Morgan fingerprint density at radius 1 is 1.04 bits per heavy atom. The molecule has 0 saturated carbocycles. The molecule has 138 valence electrons. The SMILES string of the molecule is COc1cccc(NC(=O)C(Sc2nc(N)nc(N)n2)c2ccccc2)c1. The maximum atomic E-state index is 13.0. The fourth-order valence-corrected chi connectivity index (χ4v) is 3.32. The molecule has 1 atom stereocenters. The molecule has 1 unspecified atom stereocenters. The second-order valence-corrected chi connectivity index (χ2v) is 6.54. The fraction of sp³-hybridized carbons (Fsp3) is 0.111. The van der Waals surface area contributed by atoms with Gasteiger partial charge in [-0.1, -0.05) is 48.2 Å². The van der Waals surface area contributed by atoms with E-state index in [1.54, 1.807) is 31.4 Å². The molecule has 1 aromatic heterocycles. The van der Waals surface area contributed by atoms with Crippen molar-refractivity contribution >= 4 is 35.3 Å². The third kappa shape index (κ3) is 4.85. The van der Waals surface area contributed by atoms with Crippen molar-refractivity contribution < 1.29 is 9.53 Å². The average molecular weight is 382 g/mol. The van der Waals surface area contributed by atoms with E-state index >= 15 is 0 Å². The number of benzene rings is 2. The number of carbonyl (C=O) groups excluding carboxylic acids is 1. The van der Waals surface area contributed by atoms with Gasteiger partial charge in [0.1, 0.15) is 11.0 Å². The number of methoxy groups -OCH3 is 1. The molecule has 0 aliphatic heterocycles. The number of hydrogen-bond donors (Lipinski definition) is 3. The standard InChI is InChI=1S/C18H18N6O2S/c1-26-13-9-5-8-12(10-13)21-15(25)14(11-6-3-2-4-7-11)27-18-23-16(19)22-17(20)24-18/h2-10,14H,1H3,(H,21,25)(H4,19,20,22,23,24). The van der Waals surface area contributed by atoms with Gasteiger partial charge in [-0.15, -0.1) is 0 Å². The zero-order valence-electron chi connectivity index (χ0n) is 14.5. The van der Waals surface area contributed by atoms with Crippen LogP contribution in [0, 0.1) is 0 Å². The Hall–Kier alpha value is -3.33. The first-order valence-corrected chi connectivity index (χ1v) is 8.86. The van der Waals surface area contributed by atoms with E-state index in [0.717, 1.165) is 17.3 Å². The van der Waals surface area contributed by atoms with Crippen molar-refractivity contribution in [3.05, 3.63) is 60.2 Å². The van der Waals surface area contributed by atoms with Gasteiger partial charge in [-0.05, 0) is 17.7 Å². The Morgan fingerprint density at radius 3 is 2.41 bits per heavy atom. The van der Waals surface area contributed by atoms with Gasteiger partial charge in [0.05, 0.1) is 7.11 Å². The predicted molar refractivity (Wildman–Crippen MR) is 105 cm³/mol. The maximum absolute atomic E-state index is 13.0. The average Bonchev–Trinajstić information content (AvgIpc) is 2.66. The molecule has 0 aliphatic rings. The molecule has 0 aliphatic carbocycles. The molecule has 0 saturated heterocycles. The smallest absolute Gasteiger partial charge is 0.242 e. The molecule has 1 heterocycles. The Balaban J connectivity index is 1.88. The molecule has 27 heavy (non-hydrogen) atoms. The van der Waals surface area contributed by atoms with Crippen molar-refractivity contribution in [1.29, 1.82) is 0 Å². The highest BCUT2D eigenvalue weighted by Crippen LogP contribution is 2.35. The Kier molecular flexibility index (Phi) is 5.72. The van der Waals surface area contributed by atoms with Gasteiger partial charge in [0.2, 0.25) is 17.8 Å². The minimum absolute atomic E-state index is 0.00464. The van der Waals surface area contributed by atoms with Gasteiger partial charge in [0.15, 0.2) is 5.16 Å². The van der Waals surface area contributed by atoms with Crippen molar-refractivity contribution in [2.75, 3.05) is 23.9 Å².